The van der Waals surface area contributed by atoms with Crippen LogP contribution in [-0.4, -0.2) is 25.6 Å². The number of ether oxygens (including phenoxy) is 3. The fourth-order valence-corrected chi connectivity index (χ4v) is 1.89. The van der Waals surface area contributed by atoms with Gasteiger partial charge in [-0.3, -0.25) is 10.1 Å². The molecule has 2 aromatic carbocycles. The van der Waals surface area contributed by atoms with Crippen LogP contribution in [0, 0.1) is 10.1 Å². The Morgan fingerprint density at radius 2 is 1.65 bits per heavy atom. The summed E-state index contributed by atoms with van der Waals surface area (Å²) in [7, 11) is 2.99. The second kappa shape index (κ2) is 8.07. The molecule has 0 bridgehead atoms. The van der Waals surface area contributed by atoms with E-state index < -0.39 is 11.4 Å². The zero-order valence-electron chi connectivity index (χ0n) is 12.8. The number of nitrogens with zero attached hydrogens (tertiary/aromatic N) is 1. The third-order valence-corrected chi connectivity index (χ3v) is 3.05. The van der Waals surface area contributed by atoms with Gasteiger partial charge < -0.3 is 14.2 Å². The number of hydrogen-bond acceptors (Lipinski definition) is 5. The molecule has 0 unspecified atom stereocenters. The van der Waals surface area contributed by atoms with Crippen molar-refractivity contribution in [1.82, 2.24) is 0 Å². The second-order valence-corrected chi connectivity index (χ2v) is 4.63. The van der Waals surface area contributed by atoms with Crippen LogP contribution in [0.5, 0.6) is 5.75 Å². The number of methoxy groups -OCH3 is 2. The number of benzene rings is 2. The highest BCUT2D eigenvalue weighted by Gasteiger charge is 2.06. The number of hydrogen-bond donors (Lipinski definition) is 0. The highest BCUT2D eigenvalue weighted by atomic mass is 16.8. The van der Waals surface area contributed by atoms with E-state index in [4.69, 9.17) is 14.2 Å². The molecule has 0 aliphatic carbocycles. The predicted molar refractivity (Wildman–Crippen MR) is 86.9 cm³/mol. The first-order valence-corrected chi connectivity index (χ1v) is 6.87. The van der Waals surface area contributed by atoms with E-state index >= 15 is 0 Å². The van der Waals surface area contributed by atoms with Crippen molar-refractivity contribution >= 4 is 17.8 Å². The van der Waals surface area contributed by atoms with Gasteiger partial charge in [-0.1, -0.05) is 24.3 Å². The topological polar surface area (TPSA) is 70.8 Å². The predicted octanol–water partition coefficient (Wildman–Crippen LogP) is 3.72. The van der Waals surface area contributed by atoms with Crippen LogP contribution in [-0.2, 0) is 9.47 Å². The van der Waals surface area contributed by atoms with Crippen molar-refractivity contribution in [3.8, 4) is 5.75 Å². The fraction of sp³-hybridized carbons (Fsp3) is 0.176. The van der Waals surface area contributed by atoms with E-state index in [2.05, 4.69) is 0 Å². The number of rotatable bonds is 7. The van der Waals surface area contributed by atoms with Gasteiger partial charge in [-0.25, -0.2) is 0 Å². The first kappa shape index (κ1) is 16.7. The van der Waals surface area contributed by atoms with E-state index in [1.807, 2.05) is 30.4 Å². The summed E-state index contributed by atoms with van der Waals surface area (Å²) in [6, 6.07) is 13.8. The molecule has 0 amide bonds. The van der Waals surface area contributed by atoms with Gasteiger partial charge in [0.2, 0.25) is 0 Å². The van der Waals surface area contributed by atoms with Crippen molar-refractivity contribution in [2.75, 3.05) is 14.2 Å². The molecular formula is C17H17NO5. The average molecular weight is 315 g/mol. The molecule has 0 spiro atoms. The standard InChI is InChI=1S/C17H17NO5/c1-21-17(22-2)23-16-5-3-4-14(12-16)7-6-13-8-10-15(11-9-13)18(19)20/h3-12,17H,1-2H3. The molecule has 0 aliphatic rings. The van der Waals surface area contributed by atoms with Crippen LogP contribution in [0.2, 0.25) is 0 Å². The molecule has 2 rings (SSSR count). The van der Waals surface area contributed by atoms with Crippen LogP contribution in [0.1, 0.15) is 11.1 Å². The lowest BCUT2D eigenvalue weighted by Crippen LogP contribution is -2.20. The smallest absolute Gasteiger partial charge is 0.315 e. The Balaban J connectivity index is 2.08. The largest absolute Gasteiger partial charge is 0.441 e. The maximum absolute atomic E-state index is 10.6. The monoisotopic (exact) mass is 315 g/mol. The van der Waals surface area contributed by atoms with E-state index in [-0.39, 0.29) is 5.69 Å². The molecule has 0 saturated heterocycles. The van der Waals surface area contributed by atoms with Crippen molar-refractivity contribution < 1.29 is 19.1 Å². The van der Waals surface area contributed by atoms with Gasteiger partial charge in [0.15, 0.2) is 0 Å². The first-order valence-electron chi connectivity index (χ1n) is 6.87. The number of nitro groups is 1. The van der Waals surface area contributed by atoms with Crippen LogP contribution < -0.4 is 4.74 Å². The summed E-state index contributed by atoms with van der Waals surface area (Å²) in [5, 5.41) is 10.6. The molecule has 120 valence electrons. The molecule has 0 N–H and O–H groups in total. The Labute approximate surface area is 134 Å². The van der Waals surface area contributed by atoms with E-state index in [0.29, 0.717) is 5.75 Å². The normalized spacial score (nSPS) is 11.1. The Hall–Kier alpha value is -2.70. The summed E-state index contributed by atoms with van der Waals surface area (Å²) in [6.45, 7) is -0.760. The quantitative estimate of drug-likeness (QED) is 0.337. The van der Waals surface area contributed by atoms with Crippen molar-refractivity contribution in [3.05, 3.63) is 69.8 Å². The average Bonchev–Trinajstić information content (AvgIpc) is 2.58. The molecule has 0 aromatic heterocycles. The lowest BCUT2D eigenvalue weighted by Gasteiger charge is -2.15. The Morgan fingerprint density at radius 1 is 1.00 bits per heavy atom. The summed E-state index contributed by atoms with van der Waals surface area (Å²) >= 11 is 0. The Kier molecular flexibility index (Phi) is 5.85. The van der Waals surface area contributed by atoms with Gasteiger partial charge in [-0.05, 0) is 35.4 Å². The molecule has 0 saturated carbocycles. The molecule has 23 heavy (non-hydrogen) atoms. The zero-order valence-corrected chi connectivity index (χ0v) is 12.8. The minimum absolute atomic E-state index is 0.0720. The number of non-ortho nitro benzene ring substituents is 1. The lowest BCUT2D eigenvalue weighted by atomic mass is 10.1. The lowest BCUT2D eigenvalue weighted by molar-refractivity contribution is -0.384. The summed E-state index contributed by atoms with van der Waals surface area (Å²) in [5.74, 6) is 0.615. The van der Waals surface area contributed by atoms with Crippen molar-refractivity contribution in [3.63, 3.8) is 0 Å². The number of nitro benzene ring substituents is 1. The maximum atomic E-state index is 10.6. The fourth-order valence-electron chi connectivity index (χ4n) is 1.89. The minimum Gasteiger partial charge on any atom is -0.441 e. The van der Waals surface area contributed by atoms with Crippen LogP contribution in [0.15, 0.2) is 48.5 Å². The van der Waals surface area contributed by atoms with E-state index in [9.17, 15) is 10.1 Å². The minimum atomic E-state index is -0.760. The molecule has 6 nitrogen and oxygen atoms in total. The van der Waals surface area contributed by atoms with Gasteiger partial charge in [-0.15, -0.1) is 0 Å². The van der Waals surface area contributed by atoms with Crippen molar-refractivity contribution in [2.45, 2.75) is 6.48 Å². The van der Waals surface area contributed by atoms with Gasteiger partial charge in [0, 0.05) is 26.4 Å². The Bertz CT molecular complexity index is 678. The van der Waals surface area contributed by atoms with Gasteiger partial charge >= 0.3 is 6.48 Å². The molecular weight excluding hydrogens is 298 g/mol. The summed E-state index contributed by atoms with van der Waals surface area (Å²) < 4.78 is 15.5. The van der Waals surface area contributed by atoms with Crippen LogP contribution in [0.25, 0.3) is 12.2 Å². The molecule has 0 aliphatic heterocycles. The summed E-state index contributed by atoms with van der Waals surface area (Å²) in [6.07, 6.45) is 3.76. The highest BCUT2D eigenvalue weighted by Crippen LogP contribution is 2.18. The van der Waals surface area contributed by atoms with Crippen molar-refractivity contribution in [1.29, 1.82) is 0 Å². The molecule has 0 heterocycles. The van der Waals surface area contributed by atoms with Crippen LogP contribution >= 0.6 is 0 Å². The van der Waals surface area contributed by atoms with E-state index in [1.54, 1.807) is 18.2 Å². The zero-order chi connectivity index (χ0) is 16.7. The van der Waals surface area contributed by atoms with Gasteiger partial charge in [0.05, 0.1) is 4.92 Å². The van der Waals surface area contributed by atoms with E-state index in [0.717, 1.165) is 11.1 Å². The molecule has 6 heteroatoms. The second-order valence-electron chi connectivity index (χ2n) is 4.63. The van der Waals surface area contributed by atoms with Gasteiger partial charge in [0.25, 0.3) is 5.69 Å². The SMILES string of the molecule is COC(OC)Oc1cccc(C=Cc2ccc([N+](=O)[O-])cc2)c1. The van der Waals surface area contributed by atoms with Gasteiger partial charge in [-0.2, -0.15) is 0 Å². The molecule has 0 fully saturated rings. The molecule has 0 radical (unpaired) electrons. The van der Waals surface area contributed by atoms with E-state index in [1.165, 1.54) is 26.4 Å². The summed E-state index contributed by atoms with van der Waals surface area (Å²) in [4.78, 5) is 10.2. The van der Waals surface area contributed by atoms with Gasteiger partial charge in [0.1, 0.15) is 5.75 Å². The molecule has 0 atom stereocenters. The third kappa shape index (κ3) is 4.91. The van der Waals surface area contributed by atoms with Crippen molar-refractivity contribution in [2.24, 2.45) is 0 Å². The van der Waals surface area contributed by atoms with Crippen LogP contribution in [0.3, 0.4) is 0 Å². The first-order chi connectivity index (χ1) is 11.1. The summed E-state index contributed by atoms with van der Waals surface area (Å²) in [5.41, 5.74) is 1.86. The van der Waals surface area contributed by atoms with Crippen LogP contribution in [0.4, 0.5) is 5.69 Å². The molecule has 2 aromatic rings. The Morgan fingerprint density at radius 3 is 2.26 bits per heavy atom. The third-order valence-electron chi connectivity index (χ3n) is 3.05. The highest BCUT2D eigenvalue weighted by molar-refractivity contribution is 5.70. The maximum Gasteiger partial charge on any atom is 0.315 e.